The fourth-order valence-corrected chi connectivity index (χ4v) is 6.72. The molecule has 4 nitrogen and oxygen atoms in total. The summed E-state index contributed by atoms with van der Waals surface area (Å²) < 4.78 is 5.97. The summed E-state index contributed by atoms with van der Waals surface area (Å²) in [6.07, 6.45) is 12.8. The highest BCUT2D eigenvalue weighted by molar-refractivity contribution is 5.87. The van der Waals surface area contributed by atoms with E-state index >= 15 is 0 Å². The molecule has 4 saturated carbocycles. The summed E-state index contributed by atoms with van der Waals surface area (Å²) in [5.74, 6) is 2.96. The Labute approximate surface area is 178 Å². The fourth-order valence-electron chi connectivity index (χ4n) is 6.72. The Morgan fingerprint density at radius 3 is 2.30 bits per heavy atom. The van der Waals surface area contributed by atoms with Crippen LogP contribution in [0.25, 0.3) is 0 Å². The topological polar surface area (TPSA) is 59.4 Å². The number of ether oxygens (including phenoxy) is 1. The summed E-state index contributed by atoms with van der Waals surface area (Å²) >= 11 is 0. The van der Waals surface area contributed by atoms with Crippen LogP contribution < -0.4 is 4.74 Å². The van der Waals surface area contributed by atoms with Gasteiger partial charge in [-0.05, 0) is 111 Å². The number of nitrogens with zero attached hydrogens (tertiary/aromatic N) is 1. The lowest BCUT2D eigenvalue weighted by Crippen LogP contribution is -2.48. The third-order valence-corrected chi connectivity index (χ3v) is 7.66. The van der Waals surface area contributed by atoms with Crippen molar-refractivity contribution in [2.45, 2.75) is 63.2 Å². The van der Waals surface area contributed by atoms with Crippen LogP contribution in [-0.4, -0.2) is 22.7 Å². The van der Waals surface area contributed by atoms with Gasteiger partial charge in [0, 0.05) is 11.9 Å². The molecule has 1 heterocycles. The first-order chi connectivity index (χ1) is 14.6. The van der Waals surface area contributed by atoms with E-state index in [-0.39, 0.29) is 0 Å². The molecule has 0 spiro atoms. The van der Waals surface area contributed by atoms with Gasteiger partial charge in [0.25, 0.3) is 0 Å². The van der Waals surface area contributed by atoms with Gasteiger partial charge in [0.2, 0.25) is 0 Å². The highest BCUT2D eigenvalue weighted by Crippen LogP contribution is 2.60. The predicted octanol–water partition coefficient (Wildman–Crippen LogP) is 5.65. The molecule has 30 heavy (non-hydrogen) atoms. The zero-order valence-electron chi connectivity index (χ0n) is 17.6. The second-order valence-electron chi connectivity index (χ2n) is 9.87. The maximum Gasteiger partial charge on any atom is 0.335 e. The maximum absolute atomic E-state index is 11.0. The molecule has 0 amide bonds. The predicted molar refractivity (Wildman–Crippen MR) is 116 cm³/mol. The number of rotatable bonds is 8. The molecule has 4 bridgehead atoms. The van der Waals surface area contributed by atoms with E-state index in [4.69, 9.17) is 9.84 Å². The molecule has 4 aliphatic rings. The van der Waals surface area contributed by atoms with E-state index in [9.17, 15) is 4.79 Å². The van der Waals surface area contributed by atoms with Gasteiger partial charge in [0.15, 0.2) is 0 Å². The second-order valence-corrected chi connectivity index (χ2v) is 9.87. The number of aromatic nitrogens is 1. The van der Waals surface area contributed by atoms with Crippen LogP contribution in [-0.2, 0) is 11.8 Å². The van der Waals surface area contributed by atoms with E-state index in [1.165, 1.54) is 44.6 Å². The smallest absolute Gasteiger partial charge is 0.335 e. The molecule has 0 radical (unpaired) electrons. The van der Waals surface area contributed by atoms with Crippen molar-refractivity contribution in [3.63, 3.8) is 0 Å². The molecular formula is C26H31NO3. The Balaban J connectivity index is 1.11. The number of pyridine rings is 1. The monoisotopic (exact) mass is 405 g/mol. The molecule has 0 atom stereocenters. The largest absolute Gasteiger partial charge is 0.494 e. The van der Waals surface area contributed by atoms with Crippen LogP contribution >= 0.6 is 0 Å². The molecule has 0 unspecified atom stereocenters. The number of benzene rings is 1. The fraction of sp³-hybridized carbons (Fsp3) is 0.538. The molecule has 1 aromatic carbocycles. The van der Waals surface area contributed by atoms with Crippen molar-refractivity contribution < 1.29 is 14.6 Å². The summed E-state index contributed by atoms with van der Waals surface area (Å²) in [4.78, 5) is 15.3. The minimum atomic E-state index is -0.904. The van der Waals surface area contributed by atoms with Crippen LogP contribution in [0.1, 0.15) is 73.0 Å². The number of hydrogen-bond acceptors (Lipinski definition) is 3. The first-order valence-corrected chi connectivity index (χ1v) is 11.5. The van der Waals surface area contributed by atoms with Crippen molar-refractivity contribution in [3.05, 3.63) is 59.4 Å². The van der Waals surface area contributed by atoms with E-state index < -0.39 is 5.97 Å². The molecular weight excluding hydrogens is 374 g/mol. The van der Waals surface area contributed by atoms with E-state index in [1.54, 1.807) is 17.8 Å². The molecule has 1 N–H and O–H groups in total. The summed E-state index contributed by atoms with van der Waals surface area (Å²) in [7, 11) is 0. The first-order valence-electron chi connectivity index (χ1n) is 11.5. The van der Waals surface area contributed by atoms with E-state index in [0.717, 1.165) is 48.5 Å². The number of carboxylic acid groups (broad SMARTS) is 1. The van der Waals surface area contributed by atoms with Gasteiger partial charge in [0.1, 0.15) is 5.75 Å². The van der Waals surface area contributed by atoms with Crippen molar-refractivity contribution in [2.24, 2.45) is 17.8 Å². The average molecular weight is 406 g/mol. The second kappa shape index (κ2) is 8.05. The normalized spacial score (nSPS) is 29.1. The Bertz CT molecular complexity index is 869. The third kappa shape index (κ3) is 3.97. The molecule has 2 aromatic rings. The van der Waals surface area contributed by atoms with Crippen LogP contribution in [0.4, 0.5) is 0 Å². The zero-order chi connectivity index (χ0) is 20.6. The lowest BCUT2D eigenvalue weighted by molar-refractivity contribution is -0.00520. The number of carboxylic acids is 1. The Morgan fingerprint density at radius 2 is 1.67 bits per heavy atom. The Morgan fingerprint density at radius 1 is 1.00 bits per heavy atom. The van der Waals surface area contributed by atoms with Crippen LogP contribution in [0.3, 0.4) is 0 Å². The van der Waals surface area contributed by atoms with Gasteiger partial charge in [-0.25, -0.2) is 4.79 Å². The summed E-state index contributed by atoms with van der Waals surface area (Å²) in [5, 5.41) is 9.06. The lowest BCUT2D eigenvalue weighted by atomic mass is 9.48. The maximum atomic E-state index is 11.0. The number of carbonyl (C=O) groups is 1. The molecule has 0 saturated heterocycles. The minimum absolute atomic E-state index is 0.301. The SMILES string of the molecule is O=C(O)c1ccnc(CCCCOc2ccc(C34CC5CC(CC(C5)C3)C4)cc2)c1. The van der Waals surface area contributed by atoms with Crippen LogP contribution in [0.5, 0.6) is 5.75 Å². The van der Waals surface area contributed by atoms with Crippen molar-refractivity contribution in [1.82, 2.24) is 4.98 Å². The third-order valence-electron chi connectivity index (χ3n) is 7.66. The van der Waals surface area contributed by atoms with Gasteiger partial charge >= 0.3 is 5.97 Å². The Kier molecular flexibility index (Phi) is 5.26. The molecule has 1 aromatic heterocycles. The van der Waals surface area contributed by atoms with E-state index in [0.29, 0.717) is 17.6 Å². The average Bonchev–Trinajstić information content (AvgIpc) is 2.73. The minimum Gasteiger partial charge on any atom is -0.494 e. The van der Waals surface area contributed by atoms with Crippen molar-refractivity contribution in [2.75, 3.05) is 6.61 Å². The number of aromatic carboxylic acids is 1. The van der Waals surface area contributed by atoms with Crippen molar-refractivity contribution in [3.8, 4) is 5.75 Å². The van der Waals surface area contributed by atoms with Gasteiger partial charge in [-0.2, -0.15) is 0 Å². The summed E-state index contributed by atoms with van der Waals surface area (Å²) in [6, 6.07) is 12.2. The zero-order valence-corrected chi connectivity index (χ0v) is 17.6. The highest BCUT2D eigenvalue weighted by atomic mass is 16.5. The molecule has 4 fully saturated rings. The Hall–Kier alpha value is -2.36. The highest BCUT2D eigenvalue weighted by Gasteiger charge is 2.51. The van der Waals surface area contributed by atoms with Gasteiger partial charge in [-0.1, -0.05) is 12.1 Å². The van der Waals surface area contributed by atoms with Crippen molar-refractivity contribution >= 4 is 5.97 Å². The van der Waals surface area contributed by atoms with Gasteiger partial charge in [-0.15, -0.1) is 0 Å². The van der Waals surface area contributed by atoms with Gasteiger partial charge < -0.3 is 9.84 Å². The van der Waals surface area contributed by atoms with Gasteiger partial charge in [-0.3, -0.25) is 4.98 Å². The van der Waals surface area contributed by atoms with Crippen molar-refractivity contribution in [1.29, 1.82) is 0 Å². The number of unbranched alkanes of at least 4 members (excludes halogenated alkanes) is 1. The van der Waals surface area contributed by atoms with E-state index in [1.807, 2.05) is 0 Å². The van der Waals surface area contributed by atoms with E-state index in [2.05, 4.69) is 29.2 Å². The molecule has 0 aliphatic heterocycles. The lowest BCUT2D eigenvalue weighted by Gasteiger charge is -2.57. The molecule has 4 heteroatoms. The van der Waals surface area contributed by atoms with Crippen LogP contribution in [0, 0.1) is 17.8 Å². The molecule has 6 rings (SSSR count). The quantitative estimate of drug-likeness (QED) is 0.577. The summed E-state index contributed by atoms with van der Waals surface area (Å²) in [6.45, 7) is 0.676. The number of hydrogen-bond donors (Lipinski definition) is 1. The summed E-state index contributed by atoms with van der Waals surface area (Å²) in [5.41, 5.74) is 3.12. The number of aryl methyl sites for hydroxylation is 1. The molecule has 4 aliphatic carbocycles. The van der Waals surface area contributed by atoms with Crippen LogP contribution in [0.2, 0.25) is 0 Å². The first kappa shape index (κ1) is 19.6. The molecule has 158 valence electrons. The standard InChI is InChI=1S/C26H31NO3/c28-25(29)21-8-9-27-23(14-21)3-1-2-10-30-24-6-4-22(5-7-24)26-15-18-11-19(16-26)13-20(12-18)17-26/h4-9,14,18-20H,1-3,10-13,15-17H2,(H,28,29). The van der Waals surface area contributed by atoms with Crippen LogP contribution in [0.15, 0.2) is 42.6 Å². The van der Waals surface area contributed by atoms with Gasteiger partial charge in [0.05, 0.1) is 12.2 Å².